The van der Waals surface area contributed by atoms with E-state index in [1.807, 2.05) is 23.1 Å². The monoisotopic (exact) mass is 552 g/mol. The molecule has 2 amide bonds. The molecule has 210 valence electrons. The number of carbonyl (C=O) groups excluding carboxylic acids is 1. The number of benzene rings is 2. The summed E-state index contributed by atoms with van der Waals surface area (Å²) in [6, 6.07) is 17.8. The molecular formula is C29H40N6O3S. The first-order valence-corrected chi connectivity index (χ1v) is 14.7. The average molecular weight is 553 g/mol. The van der Waals surface area contributed by atoms with E-state index >= 15 is 0 Å². The number of carbonyl (C=O) groups is 1. The first kappa shape index (κ1) is 28.5. The van der Waals surface area contributed by atoms with Crippen molar-refractivity contribution in [2.45, 2.75) is 63.1 Å². The highest BCUT2D eigenvalue weighted by molar-refractivity contribution is 7.83. The number of methoxy groups -OCH3 is 1. The first-order valence-electron chi connectivity index (χ1n) is 13.6. The topological polar surface area (TPSA) is 98.0 Å². The smallest absolute Gasteiger partial charge is 0.322 e. The van der Waals surface area contributed by atoms with Crippen molar-refractivity contribution in [2.75, 3.05) is 25.5 Å². The second kappa shape index (κ2) is 14.0. The lowest BCUT2D eigenvalue weighted by molar-refractivity contribution is 0.0989. The lowest BCUT2D eigenvalue weighted by atomic mass is 10.00. The fourth-order valence-corrected chi connectivity index (χ4v) is 5.77. The summed E-state index contributed by atoms with van der Waals surface area (Å²) in [5.74, 6) is 1.11. The molecule has 2 aliphatic rings. The Morgan fingerprint density at radius 1 is 1.10 bits per heavy atom. The minimum absolute atomic E-state index is 0.116. The average Bonchev–Trinajstić information content (AvgIpc) is 2.97. The number of nitrogens with one attached hydrogen (secondary N) is 4. The maximum absolute atomic E-state index is 13.6. The number of likely N-dealkylation sites (tertiary alicyclic amines) is 1. The Labute approximate surface area is 234 Å². The SMILES string of the molecule is CCCC(C)N1CCC(N(Cc2ccccc2)C(=O)Nc2ccc(S(=O)NC3=CC=C(OC)NN3)cc2)CC1. The molecule has 9 nitrogen and oxygen atoms in total. The van der Waals surface area contributed by atoms with E-state index in [0.717, 1.165) is 31.5 Å². The predicted octanol–water partition coefficient (Wildman–Crippen LogP) is 4.42. The highest BCUT2D eigenvalue weighted by atomic mass is 32.2. The van der Waals surface area contributed by atoms with Gasteiger partial charge in [-0.15, -0.1) is 0 Å². The fraction of sp³-hybridized carbons (Fsp3) is 0.414. The molecule has 2 aromatic carbocycles. The van der Waals surface area contributed by atoms with Crippen molar-refractivity contribution in [3.05, 3.63) is 84.0 Å². The van der Waals surface area contributed by atoms with Crippen LogP contribution >= 0.6 is 0 Å². The molecule has 0 spiro atoms. The Hall–Kier alpha value is -3.50. The van der Waals surface area contributed by atoms with Crippen LogP contribution in [0.4, 0.5) is 10.5 Å². The number of piperidine rings is 1. The van der Waals surface area contributed by atoms with E-state index in [9.17, 15) is 9.00 Å². The highest BCUT2D eigenvalue weighted by Crippen LogP contribution is 2.23. The van der Waals surface area contributed by atoms with E-state index in [-0.39, 0.29) is 12.1 Å². The van der Waals surface area contributed by atoms with Crippen molar-refractivity contribution in [1.82, 2.24) is 25.4 Å². The number of nitrogens with zero attached hydrogens (tertiary/aromatic N) is 2. The molecule has 10 heteroatoms. The Bertz CT molecular complexity index is 1160. The third-order valence-corrected chi connectivity index (χ3v) is 8.30. The number of allylic oxidation sites excluding steroid dienone is 2. The molecule has 0 bridgehead atoms. The number of ether oxygens (including phenoxy) is 1. The molecular weight excluding hydrogens is 512 g/mol. The minimum atomic E-state index is -1.48. The summed E-state index contributed by atoms with van der Waals surface area (Å²) in [5, 5.41) is 3.07. The molecule has 0 aliphatic carbocycles. The number of anilines is 1. The minimum Gasteiger partial charge on any atom is -0.481 e. The van der Waals surface area contributed by atoms with Crippen molar-refractivity contribution in [3.63, 3.8) is 0 Å². The predicted molar refractivity (Wildman–Crippen MR) is 155 cm³/mol. The van der Waals surface area contributed by atoms with Crippen molar-refractivity contribution < 1.29 is 13.7 Å². The Balaban J connectivity index is 1.39. The number of urea groups is 1. The summed E-state index contributed by atoms with van der Waals surface area (Å²) >= 11 is 0. The van der Waals surface area contributed by atoms with Gasteiger partial charge in [0.25, 0.3) is 0 Å². The molecule has 0 aromatic heterocycles. The van der Waals surface area contributed by atoms with E-state index in [1.54, 1.807) is 43.5 Å². The van der Waals surface area contributed by atoms with E-state index < -0.39 is 11.0 Å². The first-order chi connectivity index (χ1) is 19.0. The van der Waals surface area contributed by atoms with Gasteiger partial charge in [-0.1, -0.05) is 43.7 Å². The lowest BCUT2D eigenvalue weighted by Gasteiger charge is -2.40. The molecule has 4 rings (SSSR count). The molecule has 1 fully saturated rings. The number of rotatable bonds is 11. The van der Waals surface area contributed by atoms with Crippen LogP contribution in [0.2, 0.25) is 0 Å². The summed E-state index contributed by atoms with van der Waals surface area (Å²) in [7, 11) is 0.0773. The third kappa shape index (κ3) is 8.00. The standard InChI is InChI=1S/C29H40N6O3S/c1-4-8-22(2)34-19-17-25(18-20-34)35(21-23-9-6-5-7-10-23)29(36)30-24-11-13-26(14-12-24)39(37)33-27-15-16-28(38-3)32-31-27/h5-7,9-16,22,25,31-33H,4,8,17-21H2,1-3H3,(H,30,36). The van der Waals surface area contributed by atoms with Crippen LogP contribution in [0.1, 0.15) is 45.1 Å². The molecule has 2 aromatic rings. The zero-order valence-electron chi connectivity index (χ0n) is 23.0. The van der Waals surface area contributed by atoms with Crippen LogP contribution in [-0.2, 0) is 22.3 Å². The van der Waals surface area contributed by atoms with E-state index in [2.05, 4.69) is 51.8 Å². The van der Waals surface area contributed by atoms with Crippen molar-refractivity contribution in [3.8, 4) is 0 Å². The van der Waals surface area contributed by atoms with Crippen LogP contribution in [0.25, 0.3) is 0 Å². The fourth-order valence-electron chi connectivity index (χ4n) is 4.95. The van der Waals surface area contributed by atoms with Crippen LogP contribution in [0, 0.1) is 0 Å². The maximum atomic E-state index is 13.6. The normalized spacial score (nSPS) is 17.5. The molecule has 4 N–H and O–H groups in total. The van der Waals surface area contributed by atoms with Crippen LogP contribution in [0.3, 0.4) is 0 Å². The van der Waals surface area contributed by atoms with Gasteiger partial charge in [0.15, 0.2) is 11.0 Å². The molecule has 39 heavy (non-hydrogen) atoms. The van der Waals surface area contributed by atoms with E-state index in [1.165, 1.54) is 12.8 Å². The molecule has 0 radical (unpaired) electrons. The second-order valence-electron chi connectivity index (χ2n) is 9.91. The summed E-state index contributed by atoms with van der Waals surface area (Å²) in [5.41, 5.74) is 7.50. The Morgan fingerprint density at radius 3 is 2.44 bits per heavy atom. The van der Waals surface area contributed by atoms with Crippen LogP contribution in [0.5, 0.6) is 0 Å². The number of hydrazine groups is 1. The van der Waals surface area contributed by atoms with Gasteiger partial charge in [0.1, 0.15) is 5.82 Å². The highest BCUT2D eigenvalue weighted by Gasteiger charge is 2.29. The third-order valence-electron chi connectivity index (χ3n) is 7.19. The number of amides is 2. The quantitative estimate of drug-likeness (QED) is 0.330. The van der Waals surface area contributed by atoms with Gasteiger partial charge in [0.05, 0.1) is 12.0 Å². The number of hydrogen-bond acceptors (Lipinski definition) is 6. The van der Waals surface area contributed by atoms with Crippen molar-refractivity contribution in [1.29, 1.82) is 0 Å². The van der Waals surface area contributed by atoms with E-state index in [0.29, 0.717) is 34.9 Å². The molecule has 0 saturated carbocycles. The van der Waals surface area contributed by atoms with Gasteiger partial charge in [0, 0.05) is 43.5 Å². The lowest BCUT2D eigenvalue weighted by Crippen LogP contribution is -2.50. The van der Waals surface area contributed by atoms with Gasteiger partial charge in [-0.3, -0.25) is 15.6 Å². The van der Waals surface area contributed by atoms with Crippen LogP contribution < -0.4 is 20.9 Å². The van der Waals surface area contributed by atoms with Gasteiger partial charge >= 0.3 is 6.03 Å². The summed E-state index contributed by atoms with van der Waals surface area (Å²) in [6.07, 6.45) is 7.76. The van der Waals surface area contributed by atoms with Crippen LogP contribution in [-0.4, -0.2) is 52.3 Å². The number of hydrogen-bond donors (Lipinski definition) is 4. The second-order valence-corrected chi connectivity index (χ2v) is 11.1. The van der Waals surface area contributed by atoms with Gasteiger partial charge in [-0.2, -0.15) is 0 Å². The molecule has 2 heterocycles. The molecule has 2 unspecified atom stereocenters. The zero-order valence-corrected chi connectivity index (χ0v) is 23.8. The van der Waals surface area contributed by atoms with E-state index in [4.69, 9.17) is 4.74 Å². The Morgan fingerprint density at radius 2 is 1.82 bits per heavy atom. The van der Waals surface area contributed by atoms with Gasteiger partial charge in [-0.25, -0.2) is 9.00 Å². The van der Waals surface area contributed by atoms with Gasteiger partial charge in [0.2, 0.25) is 5.88 Å². The summed E-state index contributed by atoms with van der Waals surface area (Å²) < 4.78 is 20.8. The maximum Gasteiger partial charge on any atom is 0.322 e. The summed E-state index contributed by atoms with van der Waals surface area (Å²) in [4.78, 5) is 18.7. The van der Waals surface area contributed by atoms with Crippen molar-refractivity contribution in [2.24, 2.45) is 0 Å². The largest absolute Gasteiger partial charge is 0.481 e. The summed E-state index contributed by atoms with van der Waals surface area (Å²) in [6.45, 7) is 7.10. The van der Waals surface area contributed by atoms with Crippen molar-refractivity contribution >= 4 is 22.7 Å². The molecule has 2 aliphatic heterocycles. The zero-order chi connectivity index (χ0) is 27.6. The molecule has 1 saturated heterocycles. The molecule has 2 atom stereocenters. The van der Waals surface area contributed by atoms with Crippen LogP contribution in [0.15, 0.2) is 83.3 Å². The van der Waals surface area contributed by atoms with Gasteiger partial charge < -0.3 is 19.9 Å². The van der Waals surface area contributed by atoms with Gasteiger partial charge in [-0.05, 0) is 62.1 Å². The Kier molecular flexibility index (Phi) is 10.3.